The van der Waals surface area contributed by atoms with Gasteiger partial charge in [-0.1, -0.05) is 24.9 Å². The number of sulfone groups is 1. The second-order valence-corrected chi connectivity index (χ2v) is 9.79. The highest BCUT2D eigenvalue weighted by Gasteiger charge is 2.12. The number of rotatable bonds is 6. The maximum absolute atomic E-state index is 12.0. The predicted molar refractivity (Wildman–Crippen MR) is 128 cm³/mol. The first kappa shape index (κ1) is 22.7. The van der Waals surface area contributed by atoms with E-state index in [0.29, 0.717) is 35.8 Å². The van der Waals surface area contributed by atoms with E-state index in [9.17, 15) is 13.2 Å². The van der Waals surface area contributed by atoms with Gasteiger partial charge in [0.2, 0.25) is 0 Å². The van der Waals surface area contributed by atoms with Crippen molar-refractivity contribution in [1.82, 2.24) is 29.0 Å². The summed E-state index contributed by atoms with van der Waals surface area (Å²) in [5.74, 6) is 0.341. The van der Waals surface area contributed by atoms with Gasteiger partial charge in [-0.25, -0.2) is 23.2 Å². The Morgan fingerprint density at radius 1 is 1.18 bits per heavy atom. The lowest BCUT2D eigenvalue weighted by Gasteiger charge is -2.13. The minimum Gasteiger partial charge on any atom is -0.291 e. The van der Waals surface area contributed by atoms with Crippen LogP contribution in [-0.2, 0) is 16.4 Å². The zero-order valence-electron chi connectivity index (χ0n) is 17.9. The minimum atomic E-state index is -3.28. The van der Waals surface area contributed by atoms with E-state index in [1.54, 1.807) is 60.5 Å². The normalized spacial score (nSPS) is 11.5. The molecule has 0 saturated heterocycles. The van der Waals surface area contributed by atoms with Gasteiger partial charge in [-0.05, 0) is 36.8 Å². The number of carbonyl (C=O) groups excluding carboxylic acids is 1. The summed E-state index contributed by atoms with van der Waals surface area (Å²) in [6.45, 7) is 2.65. The number of aromatic nitrogens is 5. The molecule has 0 fully saturated rings. The number of amides is 2. The van der Waals surface area contributed by atoms with Crippen LogP contribution in [0.5, 0.6) is 0 Å². The number of pyridine rings is 1. The van der Waals surface area contributed by atoms with Crippen molar-refractivity contribution < 1.29 is 13.2 Å². The first-order valence-electron chi connectivity index (χ1n) is 9.96. The van der Waals surface area contributed by atoms with Crippen LogP contribution < -0.4 is 5.32 Å². The summed E-state index contributed by atoms with van der Waals surface area (Å²) in [4.78, 5) is 25.6. The van der Waals surface area contributed by atoms with Crippen LogP contribution in [-0.4, -0.2) is 56.3 Å². The Bertz CT molecular complexity index is 1440. The van der Waals surface area contributed by atoms with Gasteiger partial charge >= 0.3 is 6.03 Å². The Balaban J connectivity index is 1.56. The summed E-state index contributed by atoms with van der Waals surface area (Å²) in [5.41, 5.74) is 3.07. The molecule has 4 aromatic rings. The van der Waals surface area contributed by atoms with Crippen molar-refractivity contribution in [2.45, 2.75) is 18.4 Å². The summed E-state index contributed by atoms with van der Waals surface area (Å²) >= 11 is 4.08. The molecule has 0 aliphatic heterocycles. The van der Waals surface area contributed by atoms with Crippen molar-refractivity contribution in [3.63, 3.8) is 0 Å². The van der Waals surface area contributed by atoms with Gasteiger partial charge in [-0.15, -0.1) is 0 Å². The van der Waals surface area contributed by atoms with Crippen molar-refractivity contribution in [3.05, 3.63) is 60.6 Å². The zero-order chi connectivity index (χ0) is 23.6. The van der Waals surface area contributed by atoms with Gasteiger partial charge in [0.05, 0.1) is 29.5 Å². The van der Waals surface area contributed by atoms with Crippen LogP contribution in [0.3, 0.4) is 0 Å². The Kier molecular flexibility index (Phi) is 6.29. The molecular weight excluding hydrogens is 462 g/mol. The smallest absolute Gasteiger partial charge is 0.291 e. The topological polar surface area (TPSA) is 123 Å². The summed E-state index contributed by atoms with van der Waals surface area (Å²) < 4.78 is 26.5. The molecule has 1 aromatic carbocycles. The molecule has 0 radical (unpaired) electrons. The largest absolute Gasteiger partial charge is 0.332 e. The molecule has 33 heavy (non-hydrogen) atoms. The first-order chi connectivity index (χ1) is 15.7. The Hall–Kier alpha value is -3.51. The first-order valence-corrected chi connectivity index (χ1v) is 12.2. The lowest BCUT2D eigenvalue weighted by atomic mass is 10.2. The van der Waals surface area contributed by atoms with Gasteiger partial charge in [-0.3, -0.25) is 19.3 Å². The zero-order valence-corrected chi connectivity index (χ0v) is 19.6. The Labute approximate surface area is 196 Å². The van der Waals surface area contributed by atoms with Gasteiger partial charge in [0, 0.05) is 24.6 Å². The van der Waals surface area contributed by atoms with Crippen LogP contribution in [0.15, 0.2) is 59.9 Å². The Morgan fingerprint density at radius 3 is 2.76 bits per heavy atom. The molecule has 4 rings (SSSR count). The minimum absolute atomic E-state index is 0.265. The van der Waals surface area contributed by atoms with E-state index in [-0.39, 0.29) is 4.90 Å². The van der Waals surface area contributed by atoms with Gasteiger partial charge in [0.25, 0.3) is 0 Å². The van der Waals surface area contributed by atoms with Crippen molar-refractivity contribution in [2.75, 3.05) is 18.1 Å². The monoisotopic (exact) mass is 483 g/mol. The third-order valence-electron chi connectivity index (χ3n) is 4.78. The van der Waals surface area contributed by atoms with Crippen LogP contribution in [0.2, 0.25) is 0 Å². The van der Waals surface area contributed by atoms with Crippen LogP contribution in [0.4, 0.5) is 10.6 Å². The third kappa shape index (κ3) is 5.29. The number of nitrogens with zero attached hydrogens (tertiary/aromatic N) is 6. The molecular formula is C21H21N7O3S2. The molecule has 1 N–H and O–H groups in total. The molecule has 0 aliphatic rings. The van der Waals surface area contributed by atoms with Crippen molar-refractivity contribution >= 4 is 45.7 Å². The van der Waals surface area contributed by atoms with Crippen LogP contribution in [0.1, 0.15) is 12.5 Å². The van der Waals surface area contributed by atoms with Crippen molar-refractivity contribution in [2.24, 2.45) is 0 Å². The molecule has 10 nitrogen and oxygen atoms in total. The molecule has 0 saturated carbocycles. The summed E-state index contributed by atoms with van der Waals surface area (Å²) in [5, 5.41) is 7.02. The van der Waals surface area contributed by atoms with Crippen molar-refractivity contribution in [1.29, 1.82) is 0 Å². The maximum Gasteiger partial charge on any atom is 0.332 e. The van der Waals surface area contributed by atoms with Crippen LogP contribution >= 0.6 is 12.8 Å². The standard InChI is InChI=1S/C21H21N7O3S2/c1-3-28(32)21(29)26-19-8-7-17-20(25-19)24-18(11-22-17)15-10-23-27(13-15)12-14-5-4-6-16(9-14)33(2,30)31/h4-11,13,32H,3,12H2,1-2H3,(H,24,25,26,29). The number of hydrogen-bond donors (Lipinski definition) is 2. The molecule has 0 atom stereocenters. The highest BCUT2D eigenvalue weighted by atomic mass is 32.2. The van der Waals surface area contributed by atoms with E-state index in [1.165, 1.54) is 10.6 Å². The van der Waals surface area contributed by atoms with Crippen LogP contribution in [0.25, 0.3) is 22.4 Å². The lowest BCUT2D eigenvalue weighted by molar-refractivity contribution is 0.240. The quantitative estimate of drug-likeness (QED) is 0.404. The highest BCUT2D eigenvalue weighted by molar-refractivity contribution is 7.90. The molecule has 0 spiro atoms. The van der Waals surface area contributed by atoms with Gasteiger partial charge in [0.15, 0.2) is 15.5 Å². The maximum atomic E-state index is 12.0. The molecule has 12 heteroatoms. The van der Waals surface area contributed by atoms with E-state index in [0.717, 1.165) is 11.1 Å². The molecule has 0 unspecified atom stereocenters. The molecule has 170 valence electrons. The summed E-state index contributed by atoms with van der Waals surface area (Å²) in [6, 6.07) is 9.74. The molecule has 0 bridgehead atoms. The summed E-state index contributed by atoms with van der Waals surface area (Å²) in [7, 11) is -3.28. The van der Waals surface area contributed by atoms with E-state index < -0.39 is 15.9 Å². The lowest BCUT2D eigenvalue weighted by Crippen LogP contribution is -2.27. The molecule has 3 aromatic heterocycles. The highest BCUT2D eigenvalue weighted by Crippen LogP contribution is 2.20. The average molecular weight is 484 g/mol. The van der Waals surface area contributed by atoms with E-state index >= 15 is 0 Å². The predicted octanol–water partition coefficient (Wildman–Crippen LogP) is 3.04. The Morgan fingerprint density at radius 2 is 2.00 bits per heavy atom. The van der Waals surface area contributed by atoms with Gasteiger partial charge in [0.1, 0.15) is 11.3 Å². The second kappa shape index (κ2) is 9.16. The average Bonchev–Trinajstić information content (AvgIpc) is 3.26. The molecule has 3 heterocycles. The number of carbonyl (C=O) groups is 1. The molecule has 2 amide bonds. The number of hydrogen-bond acceptors (Lipinski definition) is 8. The van der Waals surface area contributed by atoms with Gasteiger partial charge < -0.3 is 0 Å². The fraction of sp³-hybridized carbons (Fsp3) is 0.190. The van der Waals surface area contributed by atoms with Crippen molar-refractivity contribution in [3.8, 4) is 11.3 Å². The van der Waals surface area contributed by atoms with E-state index in [4.69, 9.17) is 0 Å². The number of anilines is 1. The number of thiol groups is 1. The molecule has 0 aliphatic carbocycles. The fourth-order valence-electron chi connectivity index (χ4n) is 3.07. The van der Waals surface area contributed by atoms with E-state index in [1.807, 2.05) is 6.07 Å². The van der Waals surface area contributed by atoms with Gasteiger partial charge in [-0.2, -0.15) is 5.10 Å². The van der Waals surface area contributed by atoms with Crippen LogP contribution in [0, 0.1) is 0 Å². The summed E-state index contributed by atoms with van der Waals surface area (Å²) in [6.07, 6.45) is 6.26. The van der Waals surface area contributed by atoms with E-state index in [2.05, 4.69) is 38.2 Å². The number of nitrogens with one attached hydrogen (secondary N) is 1. The third-order valence-corrected chi connectivity index (χ3v) is 6.35. The number of benzene rings is 1. The number of fused-ring (bicyclic) bond motifs is 1. The SMILES string of the molecule is CCN(S)C(=O)Nc1ccc2ncc(-c3cnn(Cc4cccc(S(C)(=O)=O)c4)c3)nc2n1. The fourth-order valence-corrected chi connectivity index (χ4v) is 3.81. The second-order valence-electron chi connectivity index (χ2n) is 7.29. The number of urea groups is 1.